The van der Waals surface area contributed by atoms with Gasteiger partial charge in [0.05, 0.1) is 22.9 Å². The van der Waals surface area contributed by atoms with Gasteiger partial charge in [-0.3, -0.25) is 4.79 Å². The van der Waals surface area contributed by atoms with Crippen molar-refractivity contribution in [3.63, 3.8) is 0 Å². The molecule has 4 aromatic rings. The fourth-order valence-electron chi connectivity index (χ4n) is 5.13. The standard InChI is InChI=1S/C26H21F5N6O3S/c1-11-9-36(5-6-37(11)17(39)10-38)24-13-7-15(26(29,30)31)19(20(28)21(13)34-25(35-24)40-2)12-3-4-16(27)22-18(12)14(8-32)23(33)41-22/h3-4,7,11,38H,5-6,9-10,33H2,1-2H3. The molecule has 0 radical (unpaired) electrons. The van der Waals surface area contributed by atoms with E-state index in [1.54, 1.807) is 17.9 Å². The molecule has 5 rings (SSSR count). The second-order valence-electron chi connectivity index (χ2n) is 9.33. The largest absolute Gasteiger partial charge is 0.467 e. The Bertz CT molecular complexity index is 1750. The van der Waals surface area contributed by atoms with Crippen LogP contribution in [0.15, 0.2) is 18.2 Å². The van der Waals surface area contributed by atoms with Crippen molar-refractivity contribution in [3.8, 4) is 23.2 Å². The van der Waals surface area contributed by atoms with Crippen LogP contribution in [0.1, 0.15) is 18.1 Å². The van der Waals surface area contributed by atoms with E-state index in [1.165, 1.54) is 12.0 Å². The number of nitrogens with two attached hydrogens (primary N) is 1. The molecule has 1 atom stereocenters. The second kappa shape index (κ2) is 10.3. The molecular formula is C26H21F5N6O3S. The molecule has 0 bridgehead atoms. The van der Waals surface area contributed by atoms with Crippen LogP contribution in [0.5, 0.6) is 6.01 Å². The smallest absolute Gasteiger partial charge is 0.417 e. The normalized spacial score (nSPS) is 15.9. The number of piperazine rings is 1. The van der Waals surface area contributed by atoms with Crippen LogP contribution < -0.4 is 15.4 Å². The summed E-state index contributed by atoms with van der Waals surface area (Å²) in [7, 11) is 1.21. The van der Waals surface area contributed by atoms with E-state index >= 15 is 4.39 Å². The molecule has 1 saturated heterocycles. The van der Waals surface area contributed by atoms with E-state index in [2.05, 4.69) is 9.97 Å². The highest BCUT2D eigenvalue weighted by Gasteiger charge is 2.39. The summed E-state index contributed by atoms with van der Waals surface area (Å²) < 4.78 is 79.8. The maximum Gasteiger partial charge on any atom is 0.417 e. The Labute approximate surface area is 233 Å². The van der Waals surface area contributed by atoms with Crippen LogP contribution in [-0.2, 0) is 11.0 Å². The number of carbonyl (C=O) groups excluding carboxylic acids is 1. The summed E-state index contributed by atoms with van der Waals surface area (Å²) in [6.45, 7) is 1.36. The van der Waals surface area contributed by atoms with E-state index in [0.717, 1.165) is 18.2 Å². The number of ether oxygens (including phenoxy) is 1. The second-order valence-corrected chi connectivity index (χ2v) is 10.4. The summed E-state index contributed by atoms with van der Waals surface area (Å²) in [6, 6.07) is 3.59. The SMILES string of the molecule is COc1nc(N2CCN(C(=O)CO)C(C)C2)c2cc(C(F)(F)F)c(-c3ccc(F)c4sc(N)c(C#N)c34)c(F)c2n1. The van der Waals surface area contributed by atoms with Crippen molar-refractivity contribution in [2.24, 2.45) is 0 Å². The minimum atomic E-state index is -5.09. The molecule has 1 amide bonds. The highest BCUT2D eigenvalue weighted by Crippen LogP contribution is 2.48. The molecule has 1 unspecified atom stereocenters. The van der Waals surface area contributed by atoms with Gasteiger partial charge in [-0.15, -0.1) is 11.3 Å². The number of thiophene rings is 1. The maximum absolute atomic E-state index is 16.4. The maximum atomic E-state index is 16.4. The predicted molar refractivity (Wildman–Crippen MR) is 141 cm³/mol. The molecule has 1 fully saturated rings. The van der Waals surface area contributed by atoms with Gasteiger partial charge in [0, 0.05) is 42.0 Å². The number of alkyl halides is 3. The lowest BCUT2D eigenvalue weighted by Crippen LogP contribution is -2.55. The minimum absolute atomic E-state index is 0.0486. The van der Waals surface area contributed by atoms with Gasteiger partial charge < -0.3 is 25.4 Å². The lowest BCUT2D eigenvalue weighted by Gasteiger charge is -2.40. The van der Waals surface area contributed by atoms with E-state index in [9.17, 15) is 32.7 Å². The fraction of sp³-hybridized carbons (Fsp3) is 0.308. The van der Waals surface area contributed by atoms with Crippen molar-refractivity contribution in [1.82, 2.24) is 14.9 Å². The van der Waals surface area contributed by atoms with E-state index in [0.29, 0.717) is 11.3 Å². The van der Waals surface area contributed by atoms with Crippen molar-refractivity contribution >= 4 is 49.1 Å². The quantitative estimate of drug-likeness (QED) is 0.336. The van der Waals surface area contributed by atoms with Crippen LogP contribution in [0.4, 0.5) is 32.8 Å². The Morgan fingerprint density at radius 1 is 1.29 bits per heavy atom. The molecule has 0 aliphatic carbocycles. The van der Waals surface area contributed by atoms with E-state index in [-0.39, 0.29) is 63.1 Å². The van der Waals surface area contributed by atoms with Gasteiger partial charge in [-0.1, -0.05) is 6.07 Å². The Kier molecular flexibility index (Phi) is 7.08. The van der Waals surface area contributed by atoms with Crippen molar-refractivity contribution in [2.75, 3.05) is 44.0 Å². The Balaban J connectivity index is 1.81. The lowest BCUT2D eigenvalue weighted by atomic mass is 9.92. The van der Waals surface area contributed by atoms with Crippen LogP contribution in [0.2, 0.25) is 0 Å². The minimum Gasteiger partial charge on any atom is -0.467 e. The number of hydrogen-bond acceptors (Lipinski definition) is 9. The number of hydrogen-bond donors (Lipinski definition) is 2. The van der Waals surface area contributed by atoms with Gasteiger partial charge in [0.25, 0.3) is 0 Å². The van der Waals surface area contributed by atoms with Gasteiger partial charge in [0.15, 0.2) is 5.82 Å². The number of rotatable bonds is 4. The topological polar surface area (TPSA) is 129 Å². The molecule has 2 aromatic carbocycles. The van der Waals surface area contributed by atoms with Gasteiger partial charge in [-0.2, -0.15) is 28.4 Å². The zero-order chi connectivity index (χ0) is 29.8. The van der Waals surface area contributed by atoms with Crippen LogP contribution in [0.3, 0.4) is 0 Å². The summed E-state index contributed by atoms with van der Waals surface area (Å²) in [5.74, 6) is -2.75. The average molecular weight is 593 g/mol. The summed E-state index contributed by atoms with van der Waals surface area (Å²) in [6.07, 6.45) is -5.09. The van der Waals surface area contributed by atoms with Gasteiger partial charge in [-0.05, 0) is 24.6 Å². The number of aliphatic hydroxyl groups excluding tert-OH is 1. The fourth-order valence-corrected chi connectivity index (χ4v) is 6.08. The van der Waals surface area contributed by atoms with Crippen LogP contribution in [0, 0.1) is 23.0 Å². The van der Waals surface area contributed by atoms with Crippen molar-refractivity contribution in [1.29, 1.82) is 5.26 Å². The molecule has 1 aliphatic heterocycles. The van der Waals surface area contributed by atoms with E-state index in [4.69, 9.17) is 10.5 Å². The molecule has 214 valence electrons. The van der Waals surface area contributed by atoms with Crippen molar-refractivity contribution < 1.29 is 36.6 Å². The third kappa shape index (κ3) is 4.62. The first-order valence-electron chi connectivity index (χ1n) is 12.1. The predicted octanol–water partition coefficient (Wildman–Crippen LogP) is 4.30. The number of methoxy groups -OCH3 is 1. The zero-order valence-electron chi connectivity index (χ0n) is 21.5. The molecule has 0 saturated carbocycles. The Morgan fingerprint density at radius 3 is 2.63 bits per heavy atom. The summed E-state index contributed by atoms with van der Waals surface area (Å²) >= 11 is 0.674. The summed E-state index contributed by atoms with van der Waals surface area (Å²) in [5.41, 5.74) is 2.41. The van der Waals surface area contributed by atoms with Crippen LogP contribution in [-0.4, -0.2) is 65.3 Å². The number of aromatic nitrogens is 2. The molecule has 0 spiro atoms. The van der Waals surface area contributed by atoms with Crippen LogP contribution >= 0.6 is 11.3 Å². The molecule has 3 heterocycles. The number of carbonyl (C=O) groups is 1. The van der Waals surface area contributed by atoms with Crippen LogP contribution in [0.25, 0.3) is 32.1 Å². The number of nitriles is 1. The third-order valence-corrected chi connectivity index (χ3v) is 7.99. The van der Waals surface area contributed by atoms with Crippen molar-refractivity contribution in [3.05, 3.63) is 41.0 Å². The van der Waals surface area contributed by atoms with E-state index < -0.39 is 53.0 Å². The molecule has 15 heteroatoms. The number of halogens is 5. The number of nitrogen functional groups attached to an aromatic ring is 1. The molecule has 9 nitrogen and oxygen atoms in total. The first kappa shape index (κ1) is 28.2. The van der Waals surface area contributed by atoms with E-state index in [1.807, 2.05) is 0 Å². The molecular weight excluding hydrogens is 571 g/mol. The van der Waals surface area contributed by atoms with Gasteiger partial charge >= 0.3 is 12.2 Å². The van der Waals surface area contributed by atoms with Crippen molar-refractivity contribution in [2.45, 2.75) is 19.1 Å². The summed E-state index contributed by atoms with van der Waals surface area (Å²) in [5, 5.41) is 18.2. The highest BCUT2D eigenvalue weighted by molar-refractivity contribution is 7.23. The monoisotopic (exact) mass is 592 g/mol. The van der Waals surface area contributed by atoms with Gasteiger partial charge in [0.2, 0.25) is 5.91 Å². The van der Waals surface area contributed by atoms with Gasteiger partial charge in [0.1, 0.15) is 34.8 Å². The molecule has 3 N–H and O–H groups in total. The lowest BCUT2D eigenvalue weighted by molar-refractivity contribution is -0.137. The highest BCUT2D eigenvalue weighted by atomic mass is 32.1. The average Bonchev–Trinajstić information content (AvgIpc) is 3.28. The zero-order valence-corrected chi connectivity index (χ0v) is 22.3. The molecule has 41 heavy (non-hydrogen) atoms. The first-order chi connectivity index (χ1) is 19.4. The number of fused-ring (bicyclic) bond motifs is 2. The Morgan fingerprint density at radius 2 is 2.02 bits per heavy atom. The molecule has 1 aliphatic rings. The Hall–Kier alpha value is -4.29. The first-order valence-corrected chi connectivity index (χ1v) is 12.9. The summed E-state index contributed by atoms with van der Waals surface area (Å²) in [4.78, 5) is 23.3. The number of amides is 1. The number of anilines is 2. The number of aliphatic hydroxyl groups is 1. The third-order valence-electron chi connectivity index (χ3n) is 6.96. The molecule has 2 aromatic heterocycles. The number of nitrogens with zero attached hydrogens (tertiary/aromatic N) is 5. The number of benzene rings is 2. The van der Waals surface area contributed by atoms with Gasteiger partial charge in [-0.25, -0.2) is 8.78 Å².